The molecule has 0 bridgehead atoms. The summed E-state index contributed by atoms with van der Waals surface area (Å²) < 4.78 is 45.7. The lowest BCUT2D eigenvalue weighted by molar-refractivity contribution is -0.365. The van der Waals surface area contributed by atoms with Crippen LogP contribution < -0.4 is 0 Å². The second-order valence-electron chi connectivity index (χ2n) is 6.64. The van der Waals surface area contributed by atoms with Crippen LogP contribution >= 0.6 is 8.46 Å². The quantitative estimate of drug-likeness (QED) is 0.266. The monoisotopic (exact) mass is 481 g/mol. The fourth-order valence-corrected chi connectivity index (χ4v) is 3.62. The average molecular weight is 481 g/mol. The molecule has 12 nitrogen and oxygen atoms in total. The molecule has 1 aliphatic rings. The summed E-state index contributed by atoms with van der Waals surface area (Å²) in [5.41, 5.74) is -1.55. The molecule has 2 heterocycles. The van der Waals surface area contributed by atoms with Gasteiger partial charge in [-0.3, -0.25) is 9.30 Å². The number of ether oxygens (including phenoxy) is 6. The third-order valence-corrected chi connectivity index (χ3v) is 5.07. The van der Waals surface area contributed by atoms with Crippen LogP contribution in [0.2, 0.25) is 0 Å². The van der Waals surface area contributed by atoms with Crippen molar-refractivity contribution in [3.05, 3.63) is 48.0 Å². The summed E-state index contributed by atoms with van der Waals surface area (Å²) in [5, 5.41) is 4.05. The van der Waals surface area contributed by atoms with E-state index in [0.29, 0.717) is 5.56 Å². The van der Waals surface area contributed by atoms with Crippen molar-refractivity contribution in [2.45, 2.75) is 44.6 Å². The van der Waals surface area contributed by atoms with Gasteiger partial charge in [-0.2, -0.15) is 0 Å². The van der Waals surface area contributed by atoms with Gasteiger partial charge in [0.2, 0.25) is 0 Å². The van der Waals surface area contributed by atoms with E-state index < -0.39 is 44.7 Å². The number of aromatic nitrogens is 3. The molecule has 33 heavy (non-hydrogen) atoms. The van der Waals surface area contributed by atoms with Gasteiger partial charge in [-0.15, -0.1) is 5.10 Å². The molecule has 1 aliphatic heterocycles. The van der Waals surface area contributed by atoms with E-state index in [1.165, 1.54) is 18.1 Å². The minimum Gasteiger partial charge on any atom is -0.463 e. The second kappa shape index (κ2) is 11.4. The lowest BCUT2D eigenvalue weighted by atomic mass is 10.2. The highest BCUT2D eigenvalue weighted by Crippen LogP contribution is 2.38. The fourth-order valence-electron chi connectivity index (χ4n) is 3.10. The topological polar surface area (TPSA) is 137 Å². The van der Waals surface area contributed by atoms with Crippen molar-refractivity contribution in [3.63, 3.8) is 0 Å². The van der Waals surface area contributed by atoms with Crippen LogP contribution in [0.5, 0.6) is 0 Å². The van der Waals surface area contributed by atoms with Gasteiger partial charge in [0.1, 0.15) is 6.33 Å². The van der Waals surface area contributed by atoms with Gasteiger partial charge < -0.3 is 23.7 Å². The lowest BCUT2D eigenvalue weighted by Crippen LogP contribution is -2.37. The molecule has 178 valence electrons. The molecule has 13 heteroatoms. The van der Waals surface area contributed by atoms with Gasteiger partial charge in [-0.25, -0.2) is 19.3 Å². The van der Waals surface area contributed by atoms with E-state index in [1.807, 2.05) is 0 Å². The summed E-state index contributed by atoms with van der Waals surface area (Å²) >= 11 is 0. The molecule has 1 saturated heterocycles. The first-order valence-corrected chi connectivity index (χ1v) is 11.0. The van der Waals surface area contributed by atoms with Gasteiger partial charge in [0.25, 0.3) is 14.3 Å². The molecule has 1 fully saturated rings. The minimum absolute atomic E-state index is 0.0358. The number of benzene rings is 1. The van der Waals surface area contributed by atoms with Crippen LogP contribution in [0, 0.1) is 0 Å². The number of nitrogens with zero attached hydrogens (tertiary/aromatic N) is 3. The molecule has 0 saturated carbocycles. The molecule has 2 aromatic rings. The molecule has 1 aromatic carbocycles. The number of carbonyl (C=O) groups is 2. The number of hydrogen-bond acceptors (Lipinski definition) is 11. The van der Waals surface area contributed by atoms with Crippen LogP contribution in [0.4, 0.5) is 0 Å². The maximum atomic E-state index is 12.7. The summed E-state index contributed by atoms with van der Waals surface area (Å²) in [6.45, 7) is 3.69. The van der Waals surface area contributed by atoms with Crippen molar-refractivity contribution in [3.8, 4) is 0 Å². The lowest BCUT2D eigenvalue weighted by Gasteiger charge is -2.28. The Morgan fingerprint density at radius 1 is 1.18 bits per heavy atom. The Labute approximate surface area is 191 Å². The number of carbonyl (C=O) groups excluding carboxylic acids is 2. The number of methoxy groups -OCH3 is 1. The van der Waals surface area contributed by atoms with E-state index in [2.05, 4.69) is 14.8 Å². The third-order valence-electron chi connectivity index (χ3n) is 4.48. The predicted molar refractivity (Wildman–Crippen MR) is 110 cm³/mol. The first-order valence-electron chi connectivity index (χ1n) is 10.2. The van der Waals surface area contributed by atoms with Crippen molar-refractivity contribution in [1.29, 1.82) is 0 Å². The van der Waals surface area contributed by atoms with E-state index in [4.69, 9.17) is 23.7 Å². The van der Waals surface area contributed by atoms with Gasteiger partial charge >= 0.3 is 17.7 Å². The first kappa shape index (κ1) is 24.9. The van der Waals surface area contributed by atoms with E-state index >= 15 is 0 Å². The maximum Gasteiger partial charge on any atom is 0.377 e. The number of rotatable bonds is 11. The van der Waals surface area contributed by atoms with Gasteiger partial charge in [-0.1, -0.05) is 18.2 Å². The van der Waals surface area contributed by atoms with Crippen LogP contribution in [-0.2, 0) is 33.0 Å². The van der Waals surface area contributed by atoms with E-state index in [-0.39, 0.29) is 25.5 Å². The largest absolute Gasteiger partial charge is 0.463 e. The summed E-state index contributed by atoms with van der Waals surface area (Å²) in [7, 11) is 0.630. The Balaban J connectivity index is 1.84. The molecule has 3 unspecified atom stereocenters. The Morgan fingerprint density at radius 2 is 1.88 bits per heavy atom. The van der Waals surface area contributed by atoms with E-state index in [9.17, 15) is 14.2 Å². The zero-order chi connectivity index (χ0) is 23.8. The molecule has 0 N–H and O–H groups in total. The molecule has 0 radical (unpaired) electrons. The van der Waals surface area contributed by atoms with Gasteiger partial charge in [0.05, 0.1) is 25.9 Å². The molecule has 0 aliphatic carbocycles. The summed E-state index contributed by atoms with van der Waals surface area (Å²) in [4.78, 5) is 28.3. The standard InChI is InChI=1S/C20H24N3O9P/c1-4-28-20(33-26,29-5-2)32-15-11-14(30-18(24)13-9-7-6-8-10-13)17(31-15)23-12-21-16(22-23)19(25)27-3/h6-10,12,14-15,17H,4-5,11H2,1-3H3. The maximum absolute atomic E-state index is 12.7. The minimum atomic E-state index is -1.89. The molecule has 0 amide bonds. The Kier molecular flexibility index (Phi) is 8.59. The zero-order valence-electron chi connectivity index (χ0n) is 18.3. The first-order chi connectivity index (χ1) is 15.9. The molecular weight excluding hydrogens is 457 g/mol. The highest BCUT2D eigenvalue weighted by atomic mass is 31.1. The van der Waals surface area contributed by atoms with Gasteiger partial charge in [0, 0.05) is 6.42 Å². The van der Waals surface area contributed by atoms with Crippen LogP contribution in [0.15, 0.2) is 36.7 Å². The Bertz CT molecular complexity index is 949. The average Bonchev–Trinajstić information content (AvgIpc) is 3.46. The fraction of sp³-hybridized carbons (Fsp3) is 0.500. The second-order valence-corrected chi connectivity index (χ2v) is 7.37. The van der Waals surface area contributed by atoms with Gasteiger partial charge in [0.15, 0.2) is 18.6 Å². The summed E-state index contributed by atoms with van der Waals surface area (Å²) in [5.74, 6) is -1.53. The van der Waals surface area contributed by atoms with Crippen molar-refractivity contribution in [1.82, 2.24) is 14.8 Å². The highest BCUT2D eigenvalue weighted by molar-refractivity contribution is 7.25. The highest BCUT2D eigenvalue weighted by Gasteiger charge is 2.46. The van der Waals surface area contributed by atoms with Gasteiger partial charge in [-0.05, 0) is 26.0 Å². The van der Waals surface area contributed by atoms with Crippen LogP contribution in [0.25, 0.3) is 0 Å². The SMILES string of the molecule is CCOC(OCC)(OC1CC(OC(=O)c2ccccc2)C(n2cnc(C(=O)OC)n2)O1)P=O. The molecule has 1 aromatic heterocycles. The number of hydrogen-bond donors (Lipinski definition) is 0. The molecular formula is C20H24N3O9P. The van der Waals surface area contributed by atoms with Crippen molar-refractivity contribution in [2.24, 2.45) is 0 Å². The Hall–Kier alpha value is -2.76. The van der Waals surface area contributed by atoms with Crippen molar-refractivity contribution < 1.29 is 42.6 Å². The van der Waals surface area contributed by atoms with E-state index in [1.54, 1.807) is 44.2 Å². The zero-order valence-corrected chi connectivity index (χ0v) is 19.2. The Morgan fingerprint density at radius 3 is 2.48 bits per heavy atom. The third kappa shape index (κ3) is 5.98. The summed E-state index contributed by atoms with van der Waals surface area (Å²) in [6.07, 6.45) is -1.66. The molecule has 3 atom stereocenters. The predicted octanol–water partition coefficient (Wildman–Crippen LogP) is 2.53. The normalized spacial score (nSPS) is 20.6. The smallest absolute Gasteiger partial charge is 0.377 e. The van der Waals surface area contributed by atoms with Crippen LogP contribution in [-0.4, -0.2) is 65.1 Å². The number of esters is 2. The molecule has 0 spiro atoms. The van der Waals surface area contributed by atoms with Crippen molar-refractivity contribution in [2.75, 3.05) is 20.3 Å². The summed E-state index contributed by atoms with van der Waals surface area (Å²) in [6, 6.07) is 8.40. The van der Waals surface area contributed by atoms with E-state index in [0.717, 1.165) is 0 Å². The van der Waals surface area contributed by atoms with Crippen LogP contribution in [0.1, 0.15) is 47.5 Å². The van der Waals surface area contributed by atoms with Crippen molar-refractivity contribution >= 4 is 20.4 Å². The molecule has 3 rings (SSSR count). The van der Waals surface area contributed by atoms with Crippen LogP contribution in [0.3, 0.4) is 0 Å².